The van der Waals surface area contributed by atoms with Gasteiger partial charge in [0, 0.05) is 22.9 Å². The minimum atomic E-state index is -0.407. The van der Waals surface area contributed by atoms with Crippen molar-refractivity contribution in [3.05, 3.63) is 29.8 Å². The molecule has 2 N–H and O–H groups in total. The van der Waals surface area contributed by atoms with E-state index in [4.69, 9.17) is 10.3 Å². The van der Waals surface area contributed by atoms with Crippen molar-refractivity contribution in [2.24, 2.45) is 0 Å². The number of anilines is 1. The van der Waals surface area contributed by atoms with Crippen LogP contribution in [0.1, 0.15) is 11.1 Å². The normalized spacial score (nSPS) is 19.5. The summed E-state index contributed by atoms with van der Waals surface area (Å²) >= 11 is 3.68. The van der Waals surface area contributed by atoms with Gasteiger partial charge in [0.05, 0.1) is 10.8 Å². The summed E-state index contributed by atoms with van der Waals surface area (Å²) in [5, 5.41) is 4.18. The molecule has 0 radical (unpaired) electrons. The maximum atomic E-state index is 13.7. The summed E-state index contributed by atoms with van der Waals surface area (Å²) < 4.78 is 18.9. The molecule has 1 atom stereocenters. The Balaban J connectivity index is 1.89. The van der Waals surface area contributed by atoms with Crippen molar-refractivity contribution >= 4 is 29.2 Å². The molecule has 4 nitrogen and oxygen atoms in total. The summed E-state index contributed by atoms with van der Waals surface area (Å²) in [6.45, 7) is 0. The summed E-state index contributed by atoms with van der Waals surface area (Å²) in [6.07, 6.45) is 0. The van der Waals surface area contributed by atoms with Gasteiger partial charge in [-0.05, 0) is 18.2 Å². The number of rotatable bonds is 2. The first-order valence-electron chi connectivity index (χ1n) is 5.82. The lowest BCUT2D eigenvalue weighted by Gasteiger charge is -2.16. The minimum absolute atomic E-state index is 0.191. The molecule has 0 aliphatic carbocycles. The molecule has 1 aliphatic rings. The second-order valence-corrected chi connectivity index (χ2v) is 6.59. The van der Waals surface area contributed by atoms with Crippen molar-refractivity contribution in [1.29, 1.82) is 0 Å². The van der Waals surface area contributed by atoms with Crippen LogP contribution in [0, 0.1) is 5.82 Å². The summed E-state index contributed by atoms with van der Waals surface area (Å²) in [6, 6.07) is 4.32. The molecule has 0 bridgehead atoms. The fourth-order valence-corrected chi connectivity index (χ4v) is 4.41. The van der Waals surface area contributed by atoms with Crippen molar-refractivity contribution in [3.8, 4) is 11.5 Å². The molecule has 1 unspecified atom stereocenters. The number of thioether (sulfide) groups is 2. The Labute approximate surface area is 118 Å². The maximum absolute atomic E-state index is 13.7. The zero-order valence-corrected chi connectivity index (χ0v) is 11.6. The largest absolute Gasteiger partial charge is 0.399 e. The second-order valence-electron chi connectivity index (χ2n) is 4.13. The van der Waals surface area contributed by atoms with Crippen LogP contribution in [-0.2, 0) is 0 Å². The van der Waals surface area contributed by atoms with Gasteiger partial charge in [-0.2, -0.15) is 16.7 Å². The first-order chi connectivity index (χ1) is 9.24. The first-order valence-corrected chi connectivity index (χ1v) is 8.03. The van der Waals surface area contributed by atoms with Crippen LogP contribution >= 0.6 is 23.5 Å². The highest BCUT2D eigenvalue weighted by Crippen LogP contribution is 2.36. The van der Waals surface area contributed by atoms with E-state index in [9.17, 15) is 4.39 Å². The number of hydrogen-bond acceptors (Lipinski definition) is 6. The van der Waals surface area contributed by atoms with E-state index in [2.05, 4.69) is 10.1 Å². The van der Waals surface area contributed by atoms with E-state index < -0.39 is 5.82 Å². The summed E-state index contributed by atoms with van der Waals surface area (Å²) in [4.78, 5) is 4.30. The van der Waals surface area contributed by atoms with Crippen molar-refractivity contribution in [2.45, 2.75) is 5.25 Å². The van der Waals surface area contributed by atoms with Crippen LogP contribution in [0.5, 0.6) is 0 Å². The van der Waals surface area contributed by atoms with Crippen LogP contribution in [0.25, 0.3) is 11.5 Å². The molecular weight excluding hydrogens is 285 g/mol. The van der Waals surface area contributed by atoms with E-state index >= 15 is 0 Å². The molecule has 2 heterocycles. The van der Waals surface area contributed by atoms with E-state index in [1.807, 2.05) is 23.5 Å². The Bertz CT molecular complexity index is 584. The Morgan fingerprint density at radius 1 is 1.37 bits per heavy atom. The predicted octanol–water partition coefficient (Wildman–Crippen LogP) is 2.98. The lowest BCUT2D eigenvalue weighted by Crippen LogP contribution is -2.07. The van der Waals surface area contributed by atoms with Gasteiger partial charge in [0.15, 0.2) is 5.82 Å². The Morgan fingerprint density at radius 3 is 3.05 bits per heavy atom. The Morgan fingerprint density at radius 2 is 2.26 bits per heavy atom. The SMILES string of the molecule is Nc1ccc(F)c(-c2nc(C3CSCCS3)no2)c1. The summed E-state index contributed by atoms with van der Waals surface area (Å²) in [5.41, 5.74) is 6.38. The monoisotopic (exact) mass is 297 g/mol. The van der Waals surface area contributed by atoms with E-state index in [0.717, 1.165) is 17.3 Å². The van der Waals surface area contributed by atoms with Crippen LogP contribution in [0.2, 0.25) is 0 Å². The number of nitrogen functional groups attached to an aromatic ring is 1. The lowest BCUT2D eigenvalue weighted by atomic mass is 10.2. The Kier molecular flexibility index (Phi) is 3.65. The van der Waals surface area contributed by atoms with E-state index in [1.54, 1.807) is 0 Å². The van der Waals surface area contributed by atoms with E-state index in [0.29, 0.717) is 11.5 Å². The molecule has 0 saturated carbocycles. The molecule has 19 heavy (non-hydrogen) atoms. The minimum Gasteiger partial charge on any atom is -0.399 e. The van der Waals surface area contributed by atoms with Gasteiger partial charge in [0.1, 0.15) is 5.82 Å². The van der Waals surface area contributed by atoms with Crippen LogP contribution in [0.3, 0.4) is 0 Å². The van der Waals surface area contributed by atoms with Gasteiger partial charge >= 0.3 is 0 Å². The molecule has 2 aromatic rings. The maximum Gasteiger partial charge on any atom is 0.261 e. The number of nitrogens with two attached hydrogens (primary N) is 1. The standard InChI is InChI=1S/C12H12FN3OS2/c13-9-2-1-7(14)5-8(9)12-15-11(16-17-12)10-6-18-3-4-19-10/h1-2,5,10H,3-4,6,14H2. The zero-order chi connectivity index (χ0) is 13.2. The number of hydrogen-bond donors (Lipinski definition) is 1. The average molecular weight is 297 g/mol. The van der Waals surface area contributed by atoms with Crippen LogP contribution in [-0.4, -0.2) is 27.4 Å². The highest BCUT2D eigenvalue weighted by molar-refractivity contribution is 8.06. The van der Waals surface area contributed by atoms with Gasteiger partial charge in [-0.1, -0.05) is 5.16 Å². The fraction of sp³-hybridized carbons (Fsp3) is 0.333. The molecule has 1 aliphatic heterocycles. The van der Waals surface area contributed by atoms with Crippen molar-refractivity contribution in [1.82, 2.24) is 10.1 Å². The highest BCUT2D eigenvalue weighted by atomic mass is 32.2. The molecule has 0 amide bonds. The molecule has 1 aromatic carbocycles. The molecule has 7 heteroatoms. The second kappa shape index (κ2) is 5.42. The summed E-state index contributed by atoms with van der Waals surface area (Å²) in [7, 11) is 0. The summed E-state index contributed by atoms with van der Waals surface area (Å²) in [5.74, 6) is 3.60. The van der Waals surface area contributed by atoms with Gasteiger partial charge in [-0.25, -0.2) is 4.39 Å². The number of halogens is 1. The van der Waals surface area contributed by atoms with Crippen LogP contribution in [0.15, 0.2) is 22.7 Å². The van der Waals surface area contributed by atoms with E-state index in [1.165, 1.54) is 18.2 Å². The molecule has 100 valence electrons. The zero-order valence-electron chi connectivity index (χ0n) is 10.0. The number of aromatic nitrogens is 2. The molecule has 1 fully saturated rings. The van der Waals surface area contributed by atoms with Gasteiger partial charge in [0.25, 0.3) is 5.89 Å². The van der Waals surface area contributed by atoms with Crippen molar-refractivity contribution < 1.29 is 8.91 Å². The smallest absolute Gasteiger partial charge is 0.261 e. The Hall–Kier alpha value is -1.21. The van der Waals surface area contributed by atoms with Crippen LogP contribution in [0.4, 0.5) is 10.1 Å². The topological polar surface area (TPSA) is 64.9 Å². The van der Waals surface area contributed by atoms with Gasteiger partial charge in [0.2, 0.25) is 0 Å². The molecule has 1 aromatic heterocycles. The first kappa shape index (κ1) is 12.8. The van der Waals surface area contributed by atoms with Crippen molar-refractivity contribution in [2.75, 3.05) is 23.0 Å². The van der Waals surface area contributed by atoms with Gasteiger partial charge in [-0.15, -0.1) is 11.8 Å². The molecular formula is C12H12FN3OS2. The third-order valence-corrected chi connectivity index (χ3v) is 5.52. The molecule has 1 saturated heterocycles. The average Bonchev–Trinajstić information content (AvgIpc) is 2.92. The van der Waals surface area contributed by atoms with Gasteiger partial charge < -0.3 is 10.3 Å². The number of nitrogens with zero attached hydrogens (tertiary/aromatic N) is 2. The predicted molar refractivity (Wildman–Crippen MR) is 76.6 cm³/mol. The third-order valence-electron chi connectivity index (χ3n) is 2.77. The van der Waals surface area contributed by atoms with E-state index in [-0.39, 0.29) is 16.7 Å². The van der Waals surface area contributed by atoms with Gasteiger partial charge in [-0.3, -0.25) is 0 Å². The molecule has 0 spiro atoms. The fourth-order valence-electron chi connectivity index (χ4n) is 1.82. The van der Waals surface area contributed by atoms with Crippen molar-refractivity contribution in [3.63, 3.8) is 0 Å². The third kappa shape index (κ3) is 2.71. The van der Waals surface area contributed by atoms with Crippen LogP contribution < -0.4 is 5.73 Å². The highest BCUT2D eigenvalue weighted by Gasteiger charge is 2.23. The number of benzene rings is 1. The molecule has 3 rings (SSSR count). The quantitative estimate of drug-likeness (QED) is 0.860. The lowest BCUT2D eigenvalue weighted by molar-refractivity contribution is 0.420.